The number of likely N-dealkylation sites (N-methyl/N-ethyl adjacent to an activating group) is 1. The number of anilines is 1. The fourth-order valence-corrected chi connectivity index (χ4v) is 2.35. The van der Waals surface area contributed by atoms with Gasteiger partial charge in [0.2, 0.25) is 0 Å². The molecule has 1 aromatic heterocycles. The third-order valence-electron chi connectivity index (χ3n) is 2.17. The predicted octanol–water partition coefficient (Wildman–Crippen LogP) is 1.20. The highest BCUT2D eigenvalue weighted by Gasteiger charge is 2.10. The van der Waals surface area contributed by atoms with Crippen LogP contribution in [-0.2, 0) is 0 Å². The zero-order valence-electron chi connectivity index (χ0n) is 8.73. The third-order valence-corrected chi connectivity index (χ3v) is 3.30. The van der Waals surface area contributed by atoms with E-state index in [9.17, 15) is 5.11 Å². The van der Waals surface area contributed by atoms with Gasteiger partial charge in [-0.15, -0.1) is 11.3 Å². The van der Waals surface area contributed by atoms with Crippen LogP contribution in [0.2, 0.25) is 0 Å². The molecule has 1 rings (SSSR count). The zero-order chi connectivity index (χ0) is 10.6. The molecule has 1 aromatic rings. The fourth-order valence-electron chi connectivity index (χ4n) is 1.44. The lowest BCUT2D eigenvalue weighted by molar-refractivity contribution is 0.174. The van der Waals surface area contributed by atoms with Crippen LogP contribution in [0.1, 0.15) is 12.0 Å². The maximum atomic E-state index is 9.59. The zero-order valence-corrected chi connectivity index (χ0v) is 9.55. The maximum Gasteiger partial charge on any atom is 0.0936 e. The Labute approximate surface area is 89.2 Å². The molecule has 1 unspecified atom stereocenters. The number of nitrogens with two attached hydrogens (primary N) is 1. The molecule has 0 aliphatic heterocycles. The molecule has 0 saturated heterocycles. The summed E-state index contributed by atoms with van der Waals surface area (Å²) in [6, 6.07) is 2.09. The number of nitrogens with zero attached hydrogens (tertiary/aromatic N) is 1. The quantitative estimate of drug-likeness (QED) is 0.774. The van der Waals surface area contributed by atoms with Gasteiger partial charge in [-0.2, -0.15) is 0 Å². The number of rotatable bonds is 5. The molecule has 0 spiro atoms. The van der Waals surface area contributed by atoms with E-state index < -0.39 is 0 Å². The smallest absolute Gasteiger partial charge is 0.0936 e. The minimum absolute atomic E-state index is 0.327. The first kappa shape index (κ1) is 11.5. The van der Waals surface area contributed by atoms with Crippen LogP contribution >= 0.6 is 11.3 Å². The van der Waals surface area contributed by atoms with Crippen molar-refractivity contribution in [1.82, 2.24) is 0 Å². The fraction of sp³-hybridized carbons (Fsp3) is 0.600. The lowest BCUT2D eigenvalue weighted by Crippen LogP contribution is -2.30. The van der Waals surface area contributed by atoms with Crippen LogP contribution < -0.4 is 10.6 Å². The Morgan fingerprint density at radius 1 is 1.64 bits per heavy atom. The van der Waals surface area contributed by atoms with E-state index in [1.54, 1.807) is 11.3 Å². The van der Waals surface area contributed by atoms with Gasteiger partial charge >= 0.3 is 0 Å². The molecule has 0 saturated carbocycles. The molecule has 1 heterocycles. The Morgan fingerprint density at radius 2 is 2.36 bits per heavy atom. The Hall–Kier alpha value is -0.580. The van der Waals surface area contributed by atoms with Crippen molar-refractivity contribution in [2.24, 2.45) is 5.73 Å². The molecule has 0 aromatic carbocycles. The first-order valence-corrected chi connectivity index (χ1v) is 5.66. The molecule has 3 N–H and O–H groups in total. The Bertz CT molecular complexity index is 275. The molecule has 80 valence electrons. The van der Waals surface area contributed by atoms with Crippen molar-refractivity contribution in [1.29, 1.82) is 0 Å². The minimum Gasteiger partial charge on any atom is -0.391 e. The molecular weight excluding hydrogens is 196 g/mol. The third kappa shape index (κ3) is 2.97. The first-order valence-electron chi connectivity index (χ1n) is 4.78. The minimum atomic E-state index is -0.327. The van der Waals surface area contributed by atoms with Crippen LogP contribution in [0.3, 0.4) is 0 Å². The van der Waals surface area contributed by atoms with Crippen molar-refractivity contribution < 1.29 is 5.11 Å². The van der Waals surface area contributed by atoms with E-state index in [0.717, 1.165) is 0 Å². The van der Waals surface area contributed by atoms with Crippen LogP contribution in [0.4, 0.5) is 5.00 Å². The van der Waals surface area contributed by atoms with Crippen molar-refractivity contribution in [3.8, 4) is 0 Å². The van der Waals surface area contributed by atoms with E-state index in [0.29, 0.717) is 19.5 Å². The van der Waals surface area contributed by atoms with Crippen LogP contribution in [-0.4, -0.2) is 31.3 Å². The summed E-state index contributed by atoms with van der Waals surface area (Å²) >= 11 is 1.70. The Morgan fingerprint density at radius 3 is 2.86 bits per heavy atom. The largest absolute Gasteiger partial charge is 0.391 e. The Balaban J connectivity index is 2.50. The number of hydrogen-bond donors (Lipinski definition) is 2. The summed E-state index contributed by atoms with van der Waals surface area (Å²) in [5.41, 5.74) is 6.64. The van der Waals surface area contributed by atoms with Crippen LogP contribution in [0.5, 0.6) is 0 Å². The lowest BCUT2D eigenvalue weighted by Gasteiger charge is -2.21. The van der Waals surface area contributed by atoms with Gasteiger partial charge in [0, 0.05) is 13.6 Å². The second-order valence-electron chi connectivity index (χ2n) is 3.52. The van der Waals surface area contributed by atoms with Crippen molar-refractivity contribution in [2.45, 2.75) is 19.4 Å². The van der Waals surface area contributed by atoms with Gasteiger partial charge < -0.3 is 15.7 Å². The number of aryl methyl sites for hydroxylation is 1. The van der Waals surface area contributed by atoms with Gasteiger partial charge in [0.15, 0.2) is 0 Å². The highest BCUT2D eigenvalue weighted by molar-refractivity contribution is 7.14. The highest BCUT2D eigenvalue weighted by atomic mass is 32.1. The molecular formula is C10H18N2OS. The molecule has 0 fully saturated rings. The predicted molar refractivity (Wildman–Crippen MR) is 62.0 cm³/mol. The number of aliphatic hydroxyl groups is 1. The van der Waals surface area contributed by atoms with Crippen LogP contribution in [0.15, 0.2) is 11.4 Å². The van der Waals surface area contributed by atoms with Crippen molar-refractivity contribution in [3.05, 3.63) is 17.0 Å². The summed E-state index contributed by atoms with van der Waals surface area (Å²) in [5.74, 6) is 0. The van der Waals surface area contributed by atoms with Gasteiger partial charge in [-0.05, 0) is 36.9 Å². The summed E-state index contributed by atoms with van der Waals surface area (Å²) < 4.78 is 0. The molecule has 0 aliphatic carbocycles. The van der Waals surface area contributed by atoms with E-state index in [1.807, 2.05) is 7.05 Å². The van der Waals surface area contributed by atoms with E-state index >= 15 is 0 Å². The molecule has 3 nitrogen and oxygen atoms in total. The second-order valence-corrected chi connectivity index (χ2v) is 4.42. The van der Waals surface area contributed by atoms with E-state index in [2.05, 4.69) is 23.3 Å². The van der Waals surface area contributed by atoms with Crippen molar-refractivity contribution >= 4 is 16.3 Å². The van der Waals surface area contributed by atoms with E-state index in [4.69, 9.17) is 5.73 Å². The maximum absolute atomic E-state index is 9.59. The van der Waals surface area contributed by atoms with Gasteiger partial charge in [-0.25, -0.2) is 0 Å². The molecule has 1 atom stereocenters. The van der Waals surface area contributed by atoms with Gasteiger partial charge in [0.25, 0.3) is 0 Å². The topological polar surface area (TPSA) is 49.5 Å². The summed E-state index contributed by atoms with van der Waals surface area (Å²) in [5, 5.41) is 12.9. The average Bonchev–Trinajstić information content (AvgIpc) is 2.51. The normalized spacial score (nSPS) is 12.9. The average molecular weight is 214 g/mol. The van der Waals surface area contributed by atoms with Crippen LogP contribution in [0.25, 0.3) is 0 Å². The summed E-state index contributed by atoms with van der Waals surface area (Å²) in [6.07, 6.45) is 0.334. The first-order chi connectivity index (χ1) is 6.65. The van der Waals surface area contributed by atoms with E-state index in [1.165, 1.54) is 10.6 Å². The van der Waals surface area contributed by atoms with Gasteiger partial charge in [-0.3, -0.25) is 0 Å². The SMILES string of the molecule is Cc1ccsc1N(C)CC(O)CCN. The van der Waals surface area contributed by atoms with Gasteiger partial charge in [-0.1, -0.05) is 0 Å². The number of thiophene rings is 1. The highest BCUT2D eigenvalue weighted by Crippen LogP contribution is 2.25. The summed E-state index contributed by atoms with van der Waals surface area (Å²) in [6.45, 7) is 3.27. The van der Waals surface area contributed by atoms with Gasteiger partial charge in [0.1, 0.15) is 0 Å². The summed E-state index contributed by atoms with van der Waals surface area (Å²) in [7, 11) is 2.00. The second kappa shape index (κ2) is 5.34. The molecule has 4 heteroatoms. The monoisotopic (exact) mass is 214 g/mol. The Kier molecular flexibility index (Phi) is 4.38. The summed E-state index contributed by atoms with van der Waals surface area (Å²) in [4.78, 5) is 2.08. The van der Waals surface area contributed by atoms with Crippen molar-refractivity contribution in [2.75, 3.05) is 25.0 Å². The lowest BCUT2D eigenvalue weighted by atomic mass is 10.2. The van der Waals surface area contributed by atoms with Crippen LogP contribution in [0, 0.1) is 6.92 Å². The molecule has 0 aliphatic rings. The molecule has 0 radical (unpaired) electrons. The molecule has 0 amide bonds. The standard InChI is InChI=1S/C10H18N2OS/c1-8-4-6-14-10(8)12(2)7-9(13)3-5-11/h4,6,9,13H,3,5,7,11H2,1-2H3. The number of aliphatic hydroxyl groups excluding tert-OH is 1. The number of hydrogen-bond acceptors (Lipinski definition) is 4. The van der Waals surface area contributed by atoms with Gasteiger partial charge in [0.05, 0.1) is 11.1 Å². The molecule has 14 heavy (non-hydrogen) atoms. The van der Waals surface area contributed by atoms with E-state index in [-0.39, 0.29) is 6.10 Å². The molecule has 0 bridgehead atoms. The van der Waals surface area contributed by atoms with Crippen molar-refractivity contribution in [3.63, 3.8) is 0 Å².